The average molecular weight is 373 g/mol. The largest absolute Gasteiger partial charge is 0.463 e. The molecule has 4 rings (SSSR count). The van der Waals surface area contributed by atoms with Gasteiger partial charge in [-0.2, -0.15) is 0 Å². The fourth-order valence-electron chi connectivity index (χ4n) is 7.38. The second kappa shape index (κ2) is 6.28. The first kappa shape index (κ1) is 18.9. The van der Waals surface area contributed by atoms with Gasteiger partial charge in [-0.05, 0) is 81.5 Å². The molecule has 0 aliphatic heterocycles. The first-order chi connectivity index (χ1) is 12.7. The third-order valence-corrected chi connectivity index (χ3v) is 8.79. The van der Waals surface area contributed by atoms with Crippen LogP contribution in [0.15, 0.2) is 11.6 Å². The number of allylic oxidation sites excluding steroid dienone is 2. The van der Waals surface area contributed by atoms with E-state index in [2.05, 4.69) is 13.0 Å². The maximum atomic E-state index is 13.3. The van der Waals surface area contributed by atoms with Crippen LogP contribution in [-0.2, 0) is 19.1 Å². The lowest BCUT2D eigenvalue weighted by molar-refractivity contribution is -0.163. The topological polar surface area (TPSA) is 60.4 Å². The van der Waals surface area contributed by atoms with Crippen molar-refractivity contribution in [1.82, 2.24) is 0 Å². The summed E-state index contributed by atoms with van der Waals surface area (Å²) in [6, 6.07) is 0. The monoisotopic (exact) mass is 372 g/mol. The van der Waals surface area contributed by atoms with Crippen molar-refractivity contribution in [1.29, 1.82) is 0 Å². The van der Waals surface area contributed by atoms with Crippen molar-refractivity contribution in [2.45, 2.75) is 78.7 Å². The lowest BCUT2D eigenvalue weighted by Gasteiger charge is -2.60. The number of Topliss-reactive ketones (excluding diaryl/α,β-unsaturated/α-hetero) is 2. The zero-order valence-electron chi connectivity index (χ0n) is 17.0. The molecule has 0 heterocycles. The van der Waals surface area contributed by atoms with Gasteiger partial charge < -0.3 is 4.74 Å². The Hall–Kier alpha value is -1.45. The summed E-state index contributed by atoms with van der Waals surface area (Å²) in [5.74, 6) is 1.88. The van der Waals surface area contributed by atoms with E-state index in [1.54, 1.807) is 6.92 Å². The zero-order chi connectivity index (χ0) is 19.6. The summed E-state index contributed by atoms with van der Waals surface area (Å²) in [6.45, 7) is 7.50. The molecule has 0 aromatic rings. The van der Waals surface area contributed by atoms with Crippen molar-refractivity contribution in [3.05, 3.63) is 11.6 Å². The van der Waals surface area contributed by atoms with E-state index in [0.717, 1.165) is 44.1 Å². The van der Waals surface area contributed by atoms with Gasteiger partial charge in [0, 0.05) is 18.9 Å². The maximum absolute atomic E-state index is 13.3. The molecule has 4 heteroatoms. The normalized spacial score (nSPS) is 46.0. The minimum atomic E-state index is -0.564. The van der Waals surface area contributed by atoms with Gasteiger partial charge in [0.1, 0.15) is 11.9 Å². The summed E-state index contributed by atoms with van der Waals surface area (Å²) in [5.41, 5.74) is 0.350. The number of esters is 1. The molecule has 3 fully saturated rings. The van der Waals surface area contributed by atoms with E-state index in [4.69, 9.17) is 4.74 Å². The van der Waals surface area contributed by atoms with Gasteiger partial charge in [0.2, 0.25) is 0 Å². The van der Waals surface area contributed by atoms with Crippen molar-refractivity contribution in [3.8, 4) is 0 Å². The van der Waals surface area contributed by atoms with E-state index in [1.165, 1.54) is 6.92 Å². The van der Waals surface area contributed by atoms with Gasteiger partial charge >= 0.3 is 5.97 Å². The Labute approximate surface area is 162 Å². The van der Waals surface area contributed by atoms with Crippen LogP contribution >= 0.6 is 0 Å². The van der Waals surface area contributed by atoms with E-state index in [0.29, 0.717) is 24.2 Å². The second-order valence-corrected chi connectivity index (χ2v) is 9.90. The molecule has 0 amide bonds. The van der Waals surface area contributed by atoms with E-state index in [1.807, 2.05) is 6.92 Å². The van der Waals surface area contributed by atoms with Crippen LogP contribution in [0.3, 0.4) is 0 Å². The highest BCUT2D eigenvalue weighted by atomic mass is 16.5. The van der Waals surface area contributed by atoms with Crippen molar-refractivity contribution in [2.75, 3.05) is 0 Å². The van der Waals surface area contributed by atoms with Crippen LogP contribution in [-0.4, -0.2) is 23.6 Å². The van der Waals surface area contributed by atoms with Crippen molar-refractivity contribution < 1.29 is 19.1 Å². The van der Waals surface area contributed by atoms with Gasteiger partial charge in [-0.1, -0.05) is 13.0 Å². The number of hydrogen-bond acceptors (Lipinski definition) is 4. The van der Waals surface area contributed by atoms with Crippen LogP contribution in [0.4, 0.5) is 0 Å². The van der Waals surface area contributed by atoms with Gasteiger partial charge in [0.25, 0.3) is 0 Å². The molecule has 148 valence electrons. The average Bonchev–Trinajstić information content (AvgIpc) is 2.95. The molecule has 4 nitrogen and oxygen atoms in total. The van der Waals surface area contributed by atoms with Crippen molar-refractivity contribution in [3.63, 3.8) is 0 Å². The van der Waals surface area contributed by atoms with E-state index >= 15 is 0 Å². The lowest BCUT2D eigenvalue weighted by Crippen LogP contribution is -2.57. The van der Waals surface area contributed by atoms with Gasteiger partial charge in [-0.3, -0.25) is 14.4 Å². The summed E-state index contributed by atoms with van der Waals surface area (Å²) in [7, 11) is 0. The summed E-state index contributed by atoms with van der Waals surface area (Å²) >= 11 is 0. The first-order valence-electron chi connectivity index (χ1n) is 10.6. The predicted octanol–water partition coefficient (Wildman–Crippen LogP) is 4.27. The summed E-state index contributed by atoms with van der Waals surface area (Å²) in [6.07, 6.45) is 8.72. The van der Waals surface area contributed by atoms with Gasteiger partial charge in [-0.15, -0.1) is 0 Å². The highest BCUT2D eigenvalue weighted by Gasteiger charge is 2.62. The molecule has 0 bridgehead atoms. The van der Waals surface area contributed by atoms with Crippen LogP contribution in [0, 0.1) is 34.5 Å². The number of carbonyl (C=O) groups excluding carboxylic acids is 3. The van der Waals surface area contributed by atoms with Crippen LogP contribution in [0.2, 0.25) is 0 Å². The van der Waals surface area contributed by atoms with Gasteiger partial charge in [0.15, 0.2) is 5.78 Å². The van der Waals surface area contributed by atoms with Crippen LogP contribution < -0.4 is 0 Å². The number of fused-ring (bicyclic) bond motifs is 5. The summed E-state index contributed by atoms with van der Waals surface area (Å²) in [4.78, 5) is 36.9. The summed E-state index contributed by atoms with van der Waals surface area (Å²) < 4.78 is 5.52. The number of ether oxygens (including phenoxy) is 1. The van der Waals surface area contributed by atoms with Gasteiger partial charge in [-0.25, -0.2) is 0 Å². The molecule has 0 aromatic carbocycles. The Morgan fingerprint density at radius 2 is 1.85 bits per heavy atom. The molecule has 0 N–H and O–H groups in total. The van der Waals surface area contributed by atoms with E-state index in [-0.39, 0.29) is 35.0 Å². The summed E-state index contributed by atoms with van der Waals surface area (Å²) in [5, 5.41) is 0. The SMILES string of the molecule is CC(=O)O[C@H]1CC[C@]2(C)C3CC(=O)[C@]4(C)C(C(C)=O)=CCC4C3CC[C@H]2C1. The fraction of sp³-hybridized carbons (Fsp3) is 0.783. The Kier molecular flexibility index (Phi) is 4.40. The number of ketones is 2. The first-order valence-corrected chi connectivity index (χ1v) is 10.6. The standard InChI is InChI=1S/C23H32O4/c1-13(24)18-7-8-19-17-6-5-15-11-16(27-14(2)25)9-10-22(15,3)20(17)12-21(26)23(18,19)4/h7,15-17,19-20H,5-6,8-12H2,1-4H3/t15-,16-,17?,19?,20?,22-,23+/m0/s1. The third kappa shape index (κ3) is 2.66. The Balaban J connectivity index is 1.60. The van der Waals surface area contributed by atoms with Crippen LogP contribution in [0.25, 0.3) is 0 Å². The minimum Gasteiger partial charge on any atom is -0.463 e. The Morgan fingerprint density at radius 3 is 2.52 bits per heavy atom. The quantitative estimate of drug-likeness (QED) is 0.679. The van der Waals surface area contributed by atoms with Crippen molar-refractivity contribution in [2.24, 2.45) is 34.5 Å². The fourth-order valence-corrected chi connectivity index (χ4v) is 7.38. The molecule has 3 unspecified atom stereocenters. The molecule has 0 saturated heterocycles. The Bertz CT molecular complexity index is 722. The molecule has 0 aromatic heterocycles. The smallest absolute Gasteiger partial charge is 0.302 e. The van der Waals surface area contributed by atoms with Crippen molar-refractivity contribution >= 4 is 17.5 Å². The molecule has 27 heavy (non-hydrogen) atoms. The molecular weight excluding hydrogens is 340 g/mol. The molecule has 3 saturated carbocycles. The molecular formula is C23H32O4. The lowest BCUT2D eigenvalue weighted by atomic mass is 9.44. The van der Waals surface area contributed by atoms with Crippen LogP contribution in [0.1, 0.15) is 72.6 Å². The molecule has 7 atom stereocenters. The minimum absolute atomic E-state index is 0.0409. The highest BCUT2D eigenvalue weighted by molar-refractivity contribution is 6.04. The third-order valence-electron chi connectivity index (χ3n) is 8.79. The number of carbonyl (C=O) groups is 3. The molecule has 4 aliphatic carbocycles. The predicted molar refractivity (Wildman–Crippen MR) is 102 cm³/mol. The number of hydrogen-bond donors (Lipinski definition) is 0. The van der Waals surface area contributed by atoms with Crippen LogP contribution in [0.5, 0.6) is 0 Å². The second-order valence-electron chi connectivity index (χ2n) is 9.90. The highest BCUT2D eigenvalue weighted by Crippen LogP contribution is 2.65. The Morgan fingerprint density at radius 1 is 1.11 bits per heavy atom. The van der Waals surface area contributed by atoms with E-state index in [9.17, 15) is 14.4 Å². The van der Waals surface area contributed by atoms with Gasteiger partial charge in [0.05, 0.1) is 5.41 Å². The molecule has 0 radical (unpaired) electrons. The molecule has 0 spiro atoms. The number of rotatable bonds is 2. The maximum Gasteiger partial charge on any atom is 0.302 e. The zero-order valence-corrected chi connectivity index (χ0v) is 17.0. The molecule has 4 aliphatic rings. The van der Waals surface area contributed by atoms with E-state index < -0.39 is 5.41 Å².